The van der Waals surface area contributed by atoms with Crippen molar-refractivity contribution in [2.45, 2.75) is 160 Å². The Kier molecular flexibility index (Phi) is 19.6. The number of ether oxygens (including phenoxy) is 2. The number of aromatic hydroxyl groups is 1. The number of carboxylic acid groups (broad SMARTS) is 2. The molecule has 23 heteroatoms. The number of aliphatic hydroxyl groups is 1. The molecule has 71 heavy (non-hydrogen) atoms. The average molecular weight is 1030 g/mol. The number of nitrogens with zero attached hydrogens (tertiary/aromatic N) is 2. The number of benzene rings is 1. The highest BCUT2D eigenvalue weighted by atomic mass is 28.4. The molecule has 6 amide bonds. The van der Waals surface area contributed by atoms with E-state index in [-0.39, 0.29) is 42.9 Å². The van der Waals surface area contributed by atoms with Crippen LogP contribution >= 0.6 is 0 Å². The van der Waals surface area contributed by atoms with E-state index in [1.54, 1.807) is 13.8 Å². The average Bonchev–Trinajstić information content (AvgIpc) is 3.77. The van der Waals surface area contributed by atoms with Crippen LogP contribution in [0.5, 0.6) is 11.5 Å². The Balaban J connectivity index is 2.24. The van der Waals surface area contributed by atoms with Gasteiger partial charge >= 0.3 is 18.0 Å². The lowest BCUT2D eigenvalue weighted by Gasteiger charge is -2.43. The number of carbonyl (C=O) groups is 8. The Morgan fingerprint density at radius 1 is 1.01 bits per heavy atom. The maximum Gasteiger partial charge on any atom is 0.410 e. The van der Waals surface area contributed by atoms with E-state index in [9.17, 15) is 49.2 Å². The second-order valence-corrected chi connectivity index (χ2v) is 31.3. The summed E-state index contributed by atoms with van der Waals surface area (Å²) >= 11 is 0. The van der Waals surface area contributed by atoms with Gasteiger partial charge in [0.05, 0.1) is 6.61 Å². The largest absolute Gasteiger partial charge is 0.504 e. The van der Waals surface area contributed by atoms with E-state index in [2.05, 4.69) is 42.2 Å². The fourth-order valence-electron chi connectivity index (χ4n) is 7.21. The molecule has 2 heterocycles. The summed E-state index contributed by atoms with van der Waals surface area (Å²) in [5.74, 6) is -9.25. The van der Waals surface area contributed by atoms with Crippen LogP contribution in [0.1, 0.15) is 79.9 Å². The van der Waals surface area contributed by atoms with E-state index < -0.39 is 128 Å². The highest BCUT2D eigenvalue weighted by molar-refractivity contribution is 6.76. The number of nitrogens with one attached hydrogen (secondary N) is 4. The molecule has 21 nitrogen and oxygen atoms in total. The van der Waals surface area contributed by atoms with Crippen molar-refractivity contribution in [3.8, 4) is 11.5 Å². The molecule has 8 atom stereocenters. The lowest BCUT2D eigenvalue weighted by molar-refractivity contribution is -0.157. The second-order valence-electron chi connectivity index (χ2n) is 20.9. The first-order chi connectivity index (χ1) is 32.6. The highest BCUT2D eigenvalue weighted by Gasteiger charge is 2.50. The second kappa shape index (κ2) is 23.5. The Hall–Kier alpha value is -6.05. The van der Waals surface area contributed by atoms with Crippen molar-refractivity contribution in [3.05, 3.63) is 59.3 Å². The summed E-state index contributed by atoms with van der Waals surface area (Å²) in [6.45, 7) is 27.8. The Morgan fingerprint density at radius 3 is 2.15 bits per heavy atom. The zero-order chi connectivity index (χ0) is 54.3. The van der Waals surface area contributed by atoms with Crippen molar-refractivity contribution in [3.63, 3.8) is 0 Å². The maximum absolute atomic E-state index is 15.1. The number of aliphatic carboxylic acids is 2. The van der Waals surface area contributed by atoms with Crippen LogP contribution in [0.3, 0.4) is 0 Å². The van der Waals surface area contributed by atoms with Crippen LogP contribution in [0.15, 0.2) is 53.8 Å². The van der Waals surface area contributed by atoms with Crippen molar-refractivity contribution in [1.82, 2.24) is 31.1 Å². The molecule has 1 aromatic rings. The van der Waals surface area contributed by atoms with Crippen LogP contribution in [0.2, 0.25) is 43.8 Å². The quantitative estimate of drug-likeness (QED) is 0.0623. The molecule has 0 radical (unpaired) electrons. The molecule has 0 spiro atoms. The van der Waals surface area contributed by atoms with Gasteiger partial charge < -0.3 is 60.5 Å². The third-order valence-electron chi connectivity index (χ3n) is 13.2. The number of rotatable bonds is 17. The molecule has 1 aromatic carbocycles. The van der Waals surface area contributed by atoms with Gasteiger partial charge in [-0.15, -0.1) is 0 Å². The van der Waals surface area contributed by atoms with Crippen LogP contribution in [0, 0.1) is 0 Å². The van der Waals surface area contributed by atoms with Gasteiger partial charge in [0.15, 0.2) is 32.0 Å². The fraction of sp³-hybridized carbons (Fsp3) is 0.583. The van der Waals surface area contributed by atoms with E-state index in [0.29, 0.717) is 11.6 Å². The number of fused-ring (bicyclic) bond motifs is 2. The lowest BCUT2D eigenvalue weighted by atomic mass is 9.90. The van der Waals surface area contributed by atoms with Crippen LogP contribution in [0.4, 0.5) is 4.79 Å². The molecule has 2 aliphatic heterocycles. The van der Waals surface area contributed by atoms with Crippen LogP contribution in [0.25, 0.3) is 0 Å². The van der Waals surface area contributed by atoms with Gasteiger partial charge in [-0.1, -0.05) is 79.1 Å². The Labute approximate surface area is 417 Å². The molecule has 394 valence electrons. The molecular weight excluding hydrogens is 957 g/mol. The van der Waals surface area contributed by atoms with Gasteiger partial charge in [0.2, 0.25) is 11.8 Å². The summed E-state index contributed by atoms with van der Waals surface area (Å²) in [6.07, 6.45) is -1.68. The van der Waals surface area contributed by atoms with Crippen LogP contribution < -0.4 is 26.0 Å². The number of phenols is 1. The number of hydrogen-bond donors (Lipinski definition) is 8. The Bertz CT molecular complexity index is 2310. The molecule has 0 unspecified atom stereocenters. The normalized spacial score (nSPS) is 23.1. The van der Waals surface area contributed by atoms with Crippen molar-refractivity contribution >= 4 is 64.0 Å². The highest BCUT2D eigenvalue weighted by Crippen LogP contribution is 2.43. The summed E-state index contributed by atoms with van der Waals surface area (Å²) in [6, 6.07) is -3.59. The number of phenolic OH excluding ortho intramolecular Hbond substituents is 1. The third-order valence-corrected chi connectivity index (χ3v) is 19.3. The number of carboxylic acids is 2. The third kappa shape index (κ3) is 14.5. The van der Waals surface area contributed by atoms with Gasteiger partial charge in [0.1, 0.15) is 41.6 Å². The van der Waals surface area contributed by atoms with Crippen molar-refractivity contribution in [1.29, 1.82) is 0 Å². The first-order valence-electron chi connectivity index (χ1n) is 23.4. The van der Waals surface area contributed by atoms with E-state index in [0.717, 1.165) is 9.80 Å². The Morgan fingerprint density at radius 2 is 1.63 bits per heavy atom. The maximum atomic E-state index is 15.1. The summed E-state index contributed by atoms with van der Waals surface area (Å²) in [7, 11) is -3.15. The van der Waals surface area contributed by atoms with Crippen LogP contribution in [-0.2, 0) is 42.7 Å². The van der Waals surface area contributed by atoms with Crippen LogP contribution in [-0.4, -0.2) is 156 Å². The first kappa shape index (κ1) is 59.3. The standard InChI is InChI=1S/C48H74N6O15Si2/c1-16-27(5)33(41(59)51-34(44(62)63)36(56)45(64)65)50-39(57)29-19-18-22-54(29)43(61)38-48(9,17-2)68-31-25-28(20-21-30(31)55)37(69-71(14,15)47(6,7)8)35(42(60)49-32(26(3)4)40(58)52-38)53(10)46(66)67-23-24-70(11,12)13/h18-21,25,29,32,34-38,55-56H,3,16-17,22-24H2,1-2,4-15H3,(H,49,60)(H,50,57)(H,51,59)(H,52,58)(H,62,63)(H,64,65)/b33-27+/t29-,32-,34+,35-,36-,37-,38+,48+/m0/s1. The minimum atomic E-state index is -2.87. The summed E-state index contributed by atoms with van der Waals surface area (Å²) in [5.41, 5.74) is -1.59. The van der Waals surface area contributed by atoms with Crippen molar-refractivity contribution < 1.29 is 72.7 Å². The van der Waals surface area contributed by atoms with Gasteiger partial charge in [0.25, 0.3) is 17.7 Å². The van der Waals surface area contributed by atoms with Crippen molar-refractivity contribution in [2.75, 3.05) is 20.2 Å². The molecule has 0 saturated heterocycles. The summed E-state index contributed by atoms with van der Waals surface area (Å²) in [5, 5.41) is 49.7. The number of amides is 6. The molecule has 0 saturated carbocycles. The number of carbonyl (C=O) groups excluding carboxylic acids is 6. The van der Waals surface area contributed by atoms with Gasteiger partial charge in [-0.2, -0.15) is 0 Å². The number of likely N-dealkylation sites (N-methyl/N-ethyl adjacent to an activating group) is 1. The predicted molar refractivity (Wildman–Crippen MR) is 267 cm³/mol. The predicted octanol–water partition coefficient (Wildman–Crippen LogP) is 3.92. The van der Waals surface area contributed by atoms with Gasteiger partial charge in [-0.25, -0.2) is 14.4 Å². The molecule has 2 bridgehead atoms. The molecule has 0 fully saturated rings. The van der Waals surface area contributed by atoms with Gasteiger partial charge in [0, 0.05) is 21.7 Å². The van der Waals surface area contributed by atoms with E-state index in [1.807, 2.05) is 39.2 Å². The first-order valence-corrected chi connectivity index (χ1v) is 30.0. The van der Waals surface area contributed by atoms with E-state index in [1.165, 1.54) is 58.2 Å². The molecular formula is C48H74N6O15Si2. The lowest BCUT2D eigenvalue weighted by Crippen LogP contribution is -2.66. The minimum Gasteiger partial charge on any atom is -0.504 e. The molecule has 2 aliphatic rings. The number of hydrogen-bond acceptors (Lipinski definition) is 13. The molecule has 0 aromatic heterocycles. The zero-order valence-electron chi connectivity index (χ0n) is 43.3. The van der Waals surface area contributed by atoms with Gasteiger partial charge in [-0.3, -0.25) is 28.9 Å². The van der Waals surface area contributed by atoms with Gasteiger partial charge in [-0.05, 0) is 86.6 Å². The van der Waals surface area contributed by atoms with E-state index in [4.69, 9.17) is 13.9 Å². The topological polar surface area (TPSA) is 300 Å². The fourth-order valence-corrected chi connectivity index (χ4v) is 9.18. The minimum absolute atomic E-state index is 0.0240. The molecule has 8 N–H and O–H groups in total. The zero-order valence-corrected chi connectivity index (χ0v) is 45.3. The SMILES string of the molecule is C=C(C)[C@@H]1NC(=O)[C@@H](N(C)C(=O)OCC[Si](C)(C)C)[C@@H](O[Si](C)(C)C(C)(C)C)c2ccc(O)c(c2)O[C@](C)(CC)[C@@H](C(=O)N2CC=C[C@H]2C(=O)N/C(C(=O)N[C@@H](C(=O)O)[C@H](O)C(=O)O)=C(\C)CC)NC1=O. The summed E-state index contributed by atoms with van der Waals surface area (Å²) < 4.78 is 19.4. The number of allylic oxidation sites excluding steroid dienone is 1. The monoisotopic (exact) mass is 1030 g/mol. The summed E-state index contributed by atoms with van der Waals surface area (Å²) in [4.78, 5) is 112. The van der Waals surface area contributed by atoms with Crippen molar-refractivity contribution in [2.24, 2.45) is 0 Å². The molecule has 0 aliphatic carbocycles. The number of aliphatic hydroxyl groups excluding tert-OH is 1. The van der Waals surface area contributed by atoms with E-state index >= 15 is 9.59 Å². The smallest absolute Gasteiger partial charge is 0.410 e. The molecule has 3 rings (SSSR count).